The van der Waals surface area contributed by atoms with Crippen molar-refractivity contribution in [3.63, 3.8) is 0 Å². The van der Waals surface area contributed by atoms with Crippen molar-refractivity contribution in [1.29, 1.82) is 0 Å². The number of ether oxygens (including phenoxy) is 1. The molecule has 0 saturated carbocycles. The van der Waals surface area contributed by atoms with Crippen LogP contribution >= 0.6 is 0 Å². The van der Waals surface area contributed by atoms with Crippen LogP contribution in [0.1, 0.15) is 5.56 Å². The summed E-state index contributed by atoms with van der Waals surface area (Å²) < 4.78 is 6.86. The minimum absolute atomic E-state index is 0.144. The van der Waals surface area contributed by atoms with Gasteiger partial charge in [-0.15, -0.1) is 0 Å². The van der Waals surface area contributed by atoms with E-state index in [1.54, 1.807) is 42.0 Å². The number of aromatic nitrogens is 2. The first-order chi connectivity index (χ1) is 10.1. The van der Waals surface area contributed by atoms with Crippen LogP contribution in [0.15, 0.2) is 42.6 Å². The lowest BCUT2D eigenvalue weighted by atomic mass is 10.1. The van der Waals surface area contributed by atoms with Crippen LogP contribution in [-0.2, 0) is 0 Å². The summed E-state index contributed by atoms with van der Waals surface area (Å²) in [5.41, 5.74) is 2.68. The highest BCUT2D eigenvalue weighted by Crippen LogP contribution is 2.32. The van der Waals surface area contributed by atoms with Crippen LogP contribution in [0, 0.1) is 17.0 Å². The molecule has 0 aliphatic carbocycles. The fourth-order valence-electron chi connectivity index (χ4n) is 2.34. The Bertz CT molecular complexity index is 822. The Morgan fingerprint density at radius 3 is 2.57 bits per heavy atom. The molecule has 2 aromatic heterocycles. The average Bonchev–Trinajstić information content (AvgIpc) is 2.88. The average molecular weight is 283 g/mol. The van der Waals surface area contributed by atoms with Crippen LogP contribution < -0.4 is 4.74 Å². The topological polar surface area (TPSA) is 69.7 Å². The lowest BCUT2D eigenvalue weighted by Crippen LogP contribution is -1.93. The Hall–Kier alpha value is -2.89. The number of nitrogens with zero attached hydrogens (tertiary/aromatic N) is 3. The van der Waals surface area contributed by atoms with E-state index in [1.165, 1.54) is 0 Å². The quantitative estimate of drug-likeness (QED) is 0.546. The van der Waals surface area contributed by atoms with Crippen molar-refractivity contribution >= 4 is 11.5 Å². The van der Waals surface area contributed by atoms with E-state index in [0.29, 0.717) is 17.1 Å². The van der Waals surface area contributed by atoms with Crippen molar-refractivity contribution < 1.29 is 9.66 Å². The van der Waals surface area contributed by atoms with E-state index in [4.69, 9.17) is 4.74 Å². The molecule has 6 nitrogen and oxygen atoms in total. The van der Waals surface area contributed by atoms with Crippen LogP contribution in [0.5, 0.6) is 5.75 Å². The van der Waals surface area contributed by atoms with Crippen LogP contribution in [0.3, 0.4) is 0 Å². The largest absolute Gasteiger partial charge is 0.497 e. The second-order valence-corrected chi connectivity index (χ2v) is 4.65. The normalized spacial score (nSPS) is 10.8. The minimum Gasteiger partial charge on any atom is -0.497 e. The number of hydrogen-bond acceptors (Lipinski definition) is 4. The van der Waals surface area contributed by atoms with Crippen molar-refractivity contribution in [3.8, 4) is 17.0 Å². The molecule has 1 aromatic carbocycles. The van der Waals surface area contributed by atoms with Crippen LogP contribution in [0.4, 0.5) is 5.82 Å². The Morgan fingerprint density at radius 1 is 1.24 bits per heavy atom. The highest BCUT2D eigenvalue weighted by atomic mass is 16.6. The number of fused-ring (bicyclic) bond motifs is 1. The van der Waals surface area contributed by atoms with E-state index in [-0.39, 0.29) is 5.82 Å². The Balaban J connectivity index is 2.30. The molecule has 0 fully saturated rings. The monoisotopic (exact) mass is 283 g/mol. The molecule has 6 heteroatoms. The zero-order valence-electron chi connectivity index (χ0n) is 11.6. The van der Waals surface area contributed by atoms with Gasteiger partial charge in [0.2, 0.25) is 0 Å². The maximum Gasteiger partial charge on any atom is 0.390 e. The van der Waals surface area contributed by atoms with Crippen LogP contribution in [0.2, 0.25) is 0 Å². The van der Waals surface area contributed by atoms with Crippen molar-refractivity contribution in [2.24, 2.45) is 0 Å². The van der Waals surface area contributed by atoms with Crippen LogP contribution in [-0.4, -0.2) is 21.4 Å². The van der Waals surface area contributed by atoms with E-state index < -0.39 is 4.92 Å². The van der Waals surface area contributed by atoms with Crippen molar-refractivity contribution in [2.45, 2.75) is 6.92 Å². The molecular weight excluding hydrogens is 270 g/mol. The van der Waals surface area contributed by atoms with Crippen molar-refractivity contribution in [3.05, 3.63) is 58.3 Å². The Morgan fingerprint density at radius 2 is 1.95 bits per heavy atom. The maximum atomic E-state index is 11.3. The second kappa shape index (κ2) is 4.90. The number of aryl methyl sites for hydroxylation is 1. The van der Waals surface area contributed by atoms with Gasteiger partial charge in [-0.1, -0.05) is 6.07 Å². The van der Waals surface area contributed by atoms with Gasteiger partial charge in [0.1, 0.15) is 5.75 Å². The lowest BCUT2D eigenvalue weighted by Gasteiger charge is -2.03. The summed E-state index contributed by atoms with van der Waals surface area (Å²) in [7, 11) is 1.58. The minimum atomic E-state index is -0.452. The third kappa shape index (κ3) is 2.10. The van der Waals surface area contributed by atoms with Gasteiger partial charge < -0.3 is 14.9 Å². The number of methoxy groups -OCH3 is 1. The van der Waals surface area contributed by atoms with Crippen molar-refractivity contribution in [2.75, 3.05) is 7.11 Å². The van der Waals surface area contributed by atoms with Gasteiger partial charge in [-0.3, -0.25) is 4.40 Å². The van der Waals surface area contributed by atoms with Gasteiger partial charge in [0.25, 0.3) is 5.65 Å². The van der Waals surface area contributed by atoms with Crippen LogP contribution in [0.25, 0.3) is 16.9 Å². The summed E-state index contributed by atoms with van der Waals surface area (Å²) in [5.74, 6) is 0.556. The first kappa shape index (κ1) is 13.1. The SMILES string of the molecule is COc1ccc(-c2c([N+](=O)[O-])nc3c(C)cccn23)cc1. The molecule has 0 amide bonds. The summed E-state index contributed by atoms with van der Waals surface area (Å²) in [6, 6.07) is 10.8. The highest BCUT2D eigenvalue weighted by molar-refractivity contribution is 5.74. The lowest BCUT2D eigenvalue weighted by molar-refractivity contribution is -0.388. The molecule has 3 rings (SSSR count). The molecule has 2 heterocycles. The van der Waals surface area contributed by atoms with E-state index in [9.17, 15) is 10.1 Å². The number of pyridine rings is 1. The summed E-state index contributed by atoms with van der Waals surface area (Å²) in [6.45, 7) is 1.88. The molecule has 0 aliphatic heterocycles. The Labute approximate surface area is 120 Å². The third-order valence-corrected chi connectivity index (χ3v) is 3.36. The predicted molar refractivity (Wildman–Crippen MR) is 78.6 cm³/mol. The zero-order valence-corrected chi connectivity index (χ0v) is 11.6. The first-order valence-corrected chi connectivity index (χ1v) is 6.38. The highest BCUT2D eigenvalue weighted by Gasteiger charge is 2.25. The smallest absolute Gasteiger partial charge is 0.390 e. The van der Waals surface area contributed by atoms with Gasteiger partial charge in [-0.2, -0.15) is 0 Å². The van der Waals surface area contributed by atoms with Gasteiger partial charge in [0.15, 0.2) is 5.69 Å². The van der Waals surface area contributed by atoms with E-state index in [0.717, 1.165) is 11.1 Å². The van der Waals surface area contributed by atoms with Gasteiger partial charge in [-0.25, -0.2) is 0 Å². The van der Waals surface area contributed by atoms with E-state index in [2.05, 4.69) is 4.98 Å². The maximum absolute atomic E-state index is 11.3. The molecule has 106 valence electrons. The molecule has 0 saturated heterocycles. The number of rotatable bonds is 3. The second-order valence-electron chi connectivity index (χ2n) is 4.65. The van der Waals surface area contributed by atoms with E-state index in [1.807, 2.05) is 19.1 Å². The van der Waals surface area contributed by atoms with Gasteiger partial charge in [0.05, 0.1) is 7.11 Å². The molecule has 0 aliphatic rings. The Kier molecular flexibility index (Phi) is 3.06. The van der Waals surface area contributed by atoms with Gasteiger partial charge in [0, 0.05) is 17.3 Å². The predicted octanol–water partition coefficient (Wildman–Crippen LogP) is 3.23. The molecule has 0 spiro atoms. The molecule has 3 aromatic rings. The first-order valence-electron chi connectivity index (χ1n) is 6.38. The molecule has 0 atom stereocenters. The van der Waals surface area contributed by atoms with Crippen molar-refractivity contribution in [1.82, 2.24) is 9.38 Å². The summed E-state index contributed by atoms with van der Waals surface area (Å²) in [5, 5.41) is 11.3. The molecule has 0 unspecified atom stereocenters. The third-order valence-electron chi connectivity index (χ3n) is 3.36. The fourth-order valence-corrected chi connectivity index (χ4v) is 2.34. The number of imidazole rings is 1. The molecule has 0 N–H and O–H groups in total. The summed E-state index contributed by atoms with van der Waals surface area (Å²) >= 11 is 0. The number of hydrogen-bond donors (Lipinski definition) is 0. The standard InChI is InChI=1S/C15H13N3O3/c1-10-4-3-9-17-13(15(18(19)20)16-14(10)17)11-5-7-12(21-2)8-6-11/h3-9H,1-2H3. The summed E-state index contributed by atoms with van der Waals surface area (Å²) in [4.78, 5) is 15.0. The summed E-state index contributed by atoms with van der Waals surface area (Å²) in [6.07, 6.45) is 1.78. The molecule has 21 heavy (non-hydrogen) atoms. The zero-order chi connectivity index (χ0) is 15.0. The number of nitro groups is 1. The van der Waals surface area contributed by atoms with Gasteiger partial charge >= 0.3 is 5.82 Å². The molecular formula is C15H13N3O3. The number of benzene rings is 1. The fraction of sp³-hybridized carbons (Fsp3) is 0.133. The molecule has 0 bridgehead atoms. The van der Waals surface area contributed by atoms with E-state index >= 15 is 0 Å². The molecule has 0 radical (unpaired) electrons. The van der Waals surface area contributed by atoms with Gasteiger partial charge in [-0.05, 0) is 47.2 Å².